The Bertz CT molecular complexity index is 1710. The smallest absolute Gasteiger partial charge is 0.335 e. The average Bonchev–Trinajstić information content (AvgIpc) is 2.99. The van der Waals surface area contributed by atoms with Crippen molar-refractivity contribution in [3.05, 3.63) is 123 Å². The van der Waals surface area contributed by atoms with Gasteiger partial charge in [0.25, 0.3) is 17.7 Å². The van der Waals surface area contributed by atoms with E-state index in [0.29, 0.717) is 32.6 Å². The number of para-hydroxylation sites is 1. The second-order valence-corrected chi connectivity index (χ2v) is 11.0. The van der Waals surface area contributed by atoms with Crippen LogP contribution in [0.3, 0.4) is 0 Å². The van der Waals surface area contributed by atoms with Crippen molar-refractivity contribution in [2.24, 2.45) is 0 Å². The van der Waals surface area contributed by atoms with E-state index in [2.05, 4.69) is 42.5 Å². The number of barbiturate groups is 1. The monoisotopic (exact) mass is 703 g/mol. The fourth-order valence-electron chi connectivity index (χ4n) is 4.18. The highest BCUT2D eigenvalue weighted by Crippen LogP contribution is 2.35. The summed E-state index contributed by atoms with van der Waals surface area (Å²) >= 11 is 6.83. The number of anilines is 2. The van der Waals surface area contributed by atoms with E-state index >= 15 is 0 Å². The molecule has 4 aromatic rings. The first-order valence-electron chi connectivity index (χ1n) is 12.9. The summed E-state index contributed by atoms with van der Waals surface area (Å²) in [4.78, 5) is 52.4. The van der Waals surface area contributed by atoms with Gasteiger partial charge in [-0.1, -0.05) is 64.5 Å². The normalized spacial score (nSPS) is 14.0. The topological polar surface area (TPSA) is 114 Å². The zero-order valence-electron chi connectivity index (χ0n) is 22.4. The molecule has 1 heterocycles. The molecule has 1 aliphatic rings. The molecule has 11 heteroatoms. The number of benzene rings is 4. The molecule has 5 rings (SSSR count). The van der Waals surface area contributed by atoms with Crippen LogP contribution in [-0.4, -0.2) is 30.4 Å². The fraction of sp³-hybridized carbons (Fsp3) is 0.0625. The molecule has 0 radical (unpaired) electrons. The van der Waals surface area contributed by atoms with Crippen LogP contribution in [0.2, 0.25) is 0 Å². The maximum Gasteiger partial charge on any atom is 0.335 e. The lowest BCUT2D eigenvalue weighted by atomic mass is 10.1. The van der Waals surface area contributed by atoms with Gasteiger partial charge in [-0.15, -0.1) is 0 Å². The third-order valence-electron chi connectivity index (χ3n) is 6.19. The van der Waals surface area contributed by atoms with Crippen LogP contribution in [0.5, 0.6) is 11.5 Å². The molecule has 4 aromatic carbocycles. The van der Waals surface area contributed by atoms with Gasteiger partial charge in [0.1, 0.15) is 23.7 Å². The Morgan fingerprint density at radius 2 is 1.53 bits per heavy atom. The lowest BCUT2D eigenvalue weighted by Crippen LogP contribution is -2.54. The molecular weight excluding hydrogens is 682 g/mol. The molecule has 2 N–H and O–H groups in total. The predicted octanol–water partition coefficient (Wildman–Crippen LogP) is 6.47. The minimum absolute atomic E-state index is 0.225. The van der Waals surface area contributed by atoms with E-state index in [0.717, 1.165) is 10.5 Å². The number of carbonyl (C=O) groups excluding carboxylic acids is 4. The molecule has 0 saturated carbocycles. The zero-order chi connectivity index (χ0) is 30.3. The third kappa shape index (κ3) is 7.37. The van der Waals surface area contributed by atoms with Crippen molar-refractivity contribution in [1.82, 2.24) is 5.32 Å². The summed E-state index contributed by atoms with van der Waals surface area (Å²) < 4.78 is 12.7. The van der Waals surface area contributed by atoms with Crippen molar-refractivity contribution in [2.75, 3.05) is 16.8 Å². The van der Waals surface area contributed by atoms with Gasteiger partial charge in [-0.3, -0.25) is 19.7 Å². The first-order valence-corrected chi connectivity index (χ1v) is 14.5. The number of halogens is 2. The highest BCUT2D eigenvalue weighted by molar-refractivity contribution is 9.11. The van der Waals surface area contributed by atoms with Crippen LogP contribution in [0.25, 0.3) is 6.08 Å². The highest BCUT2D eigenvalue weighted by atomic mass is 79.9. The SMILES string of the molecule is O=C(COc1c(Br)cc(Br)cc1/C=C1/C(=O)NC(=O)N(c2ccc(OCc3ccccc3)cc2)C1=O)Nc1ccccc1. The Balaban J connectivity index is 1.35. The average molecular weight is 705 g/mol. The molecule has 1 fully saturated rings. The molecule has 1 aliphatic heterocycles. The third-order valence-corrected chi connectivity index (χ3v) is 7.23. The van der Waals surface area contributed by atoms with E-state index in [1.807, 2.05) is 36.4 Å². The summed E-state index contributed by atoms with van der Waals surface area (Å²) in [5, 5.41) is 4.95. The fourth-order valence-corrected chi connectivity index (χ4v) is 5.55. The van der Waals surface area contributed by atoms with Crippen LogP contribution in [0.15, 0.2) is 112 Å². The second-order valence-electron chi connectivity index (χ2n) is 9.23. The van der Waals surface area contributed by atoms with E-state index in [1.165, 1.54) is 6.08 Å². The number of nitrogens with one attached hydrogen (secondary N) is 2. The predicted molar refractivity (Wildman–Crippen MR) is 169 cm³/mol. The summed E-state index contributed by atoms with van der Waals surface area (Å²) in [7, 11) is 0. The van der Waals surface area contributed by atoms with Crippen LogP contribution in [-0.2, 0) is 21.0 Å². The molecule has 0 aromatic heterocycles. The Kier molecular flexibility index (Phi) is 9.33. The lowest BCUT2D eigenvalue weighted by molar-refractivity contribution is -0.122. The zero-order valence-corrected chi connectivity index (χ0v) is 25.6. The molecule has 1 saturated heterocycles. The van der Waals surface area contributed by atoms with E-state index in [9.17, 15) is 19.2 Å². The number of carbonyl (C=O) groups is 4. The van der Waals surface area contributed by atoms with Crippen molar-refractivity contribution in [3.8, 4) is 11.5 Å². The van der Waals surface area contributed by atoms with Crippen LogP contribution in [0.1, 0.15) is 11.1 Å². The number of ether oxygens (including phenoxy) is 2. The molecule has 0 unspecified atom stereocenters. The number of hydrogen-bond donors (Lipinski definition) is 2. The molecule has 216 valence electrons. The summed E-state index contributed by atoms with van der Waals surface area (Å²) in [5.41, 5.74) is 1.87. The molecule has 0 aliphatic carbocycles. The van der Waals surface area contributed by atoms with Gasteiger partial charge in [0.05, 0.1) is 10.2 Å². The van der Waals surface area contributed by atoms with Gasteiger partial charge >= 0.3 is 6.03 Å². The van der Waals surface area contributed by atoms with Gasteiger partial charge in [-0.25, -0.2) is 9.69 Å². The van der Waals surface area contributed by atoms with Crippen molar-refractivity contribution >= 4 is 73.1 Å². The lowest BCUT2D eigenvalue weighted by Gasteiger charge is -2.26. The molecule has 5 amide bonds. The Labute approximate surface area is 263 Å². The number of hydrogen-bond acceptors (Lipinski definition) is 6. The quantitative estimate of drug-likeness (QED) is 0.153. The molecule has 0 spiro atoms. The number of urea groups is 1. The van der Waals surface area contributed by atoms with Crippen molar-refractivity contribution in [1.29, 1.82) is 0 Å². The summed E-state index contributed by atoms with van der Waals surface area (Å²) in [6, 6.07) is 27.4. The van der Waals surface area contributed by atoms with Gasteiger partial charge in [0.15, 0.2) is 6.61 Å². The number of amides is 5. The maximum atomic E-state index is 13.5. The van der Waals surface area contributed by atoms with Crippen LogP contribution < -0.4 is 25.0 Å². The number of imide groups is 2. The number of nitrogens with zero attached hydrogens (tertiary/aromatic N) is 1. The highest BCUT2D eigenvalue weighted by Gasteiger charge is 2.37. The van der Waals surface area contributed by atoms with E-state index in [1.54, 1.807) is 60.7 Å². The van der Waals surface area contributed by atoms with Crippen molar-refractivity contribution < 1.29 is 28.7 Å². The number of rotatable bonds is 9. The Morgan fingerprint density at radius 3 is 2.23 bits per heavy atom. The Morgan fingerprint density at radius 1 is 0.860 bits per heavy atom. The van der Waals surface area contributed by atoms with Crippen LogP contribution in [0, 0.1) is 0 Å². The standard InChI is InChI=1S/C32H23Br2N3O6/c33-22-15-21(29(27(34)17-22)43-19-28(38)35-23-9-5-2-6-10-23)16-26-30(39)36-32(41)37(31(26)40)24-11-13-25(14-12-24)42-18-20-7-3-1-4-8-20/h1-17H,18-19H2,(H,35,38)(H,36,39,41)/b26-16-. The summed E-state index contributed by atoms with van der Waals surface area (Å²) in [5.74, 6) is -1.32. The summed E-state index contributed by atoms with van der Waals surface area (Å²) in [6.45, 7) is 0.0139. The molecule has 9 nitrogen and oxygen atoms in total. The molecule has 43 heavy (non-hydrogen) atoms. The van der Waals surface area contributed by atoms with Gasteiger partial charge in [0.2, 0.25) is 0 Å². The molecule has 0 atom stereocenters. The maximum absolute atomic E-state index is 13.5. The van der Waals surface area contributed by atoms with Gasteiger partial charge in [-0.2, -0.15) is 0 Å². The van der Waals surface area contributed by atoms with Crippen LogP contribution in [0.4, 0.5) is 16.2 Å². The largest absolute Gasteiger partial charge is 0.489 e. The molecular formula is C32H23Br2N3O6. The first-order chi connectivity index (χ1) is 20.8. The van der Waals surface area contributed by atoms with Crippen LogP contribution >= 0.6 is 31.9 Å². The first kappa shape index (κ1) is 29.7. The molecule has 0 bridgehead atoms. The van der Waals surface area contributed by atoms with E-state index < -0.39 is 23.8 Å². The van der Waals surface area contributed by atoms with Gasteiger partial charge in [0, 0.05) is 15.7 Å². The van der Waals surface area contributed by atoms with E-state index in [4.69, 9.17) is 9.47 Å². The minimum atomic E-state index is -0.880. The van der Waals surface area contributed by atoms with E-state index in [-0.39, 0.29) is 23.6 Å². The minimum Gasteiger partial charge on any atom is -0.489 e. The van der Waals surface area contributed by atoms with Crippen molar-refractivity contribution in [2.45, 2.75) is 6.61 Å². The second kappa shape index (κ2) is 13.5. The Hall–Kier alpha value is -4.74. The summed E-state index contributed by atoms with van der Waals surface area (Å²) in [6.07, 6.45) is 1.31. The van der Waals surface area contributed by atoms with Gasteiger partial charge in [-0.05, 0) is 76.1 Å². The van der Waals surface area contributed by atoms with Gasteiger partial charge < -0.3 is 14.8 Å². The van der Waals surface area contributed by atoms with Crippen molar-refractivity contribution in [3.63, 3.8) is 0 Å².